The number of dihydropyridines is 1. The SMILES string of the molecule is C=CCc1cc(C2C3=C(CCCC3=O)NC3=C2C(=O)CCC3)cc(OCC)c1OCCC. The van der Waals surface area contributed by atoms with Crippen molar-refractivity contribution in [3.8, 4) is 11.5 Å². The minimum Gasteiger partial charge on any atom is -0.490 e. The highest BCUT2D eigenvalue weighted by molar-refractivity contribution is 6.06. The Bertz CT molecular complexity index is 959. The maximum absolute atomic E-state index is 13.1. The van der Waals surface area contributed by atoms with E-state index < -0.39 is 0 Å². The molecule has 0 aromatic heterocycles. The van der Waals surface area contributed by atoms with E-state index in [1.165, 1.54) is 0 Å². The van der Waals surface area contributed by atoms with Crippen LogP contribution in [0.3, 0.4) is 0 Å². The van der Waals surface area contributed by atoms with E-state index in [-0.39, 0.29) is 17.5 Å². The zero-order valence-corrected chi connectivity index (χ0v) is 19.2. The summed E-state index contributed by atoms with van der Waals surface area (Å²) in [5, 5.41) is 3.48. The number of nitrogens with one attached hydrogen (secondary N) is 1. The molecule has 5 heteroatoms. The summed E-state index contributed by atoms with van der Waals surface area (Å²) in [6, 6.07) is 4.07. The first-order valence-corrected chi connectivity index (χ1v) is 11.9. The summed E-state index contributed by atoms with van der Waals surface area (Å²) in [4.78, 5) is 26.2. The van der Waals surface area contributed by atoms with Gasteiger partial charge >= 0.3 is 0 Å². The van der Waals surface area contributed by atoms with Crippen LogP contribution in [0, 0.1) is 0 Å². The minimum absolute atomic E-state index is 0.142. The molecule has 4 rings (SSSR count). The van der Waals surface area contributed by atoms with E-state index in [0.717, 1.165) is 71.5 Å². The molecule has 1 aromatic carbocycles. The molecule has 0 spiro atoms. The number of carbonyl (C=O) groups excluding carboxylic acids is 2. The van der Waals surface area contributed by atoms with Crippen LogP contribution >= 0.6 is 0 Å². The molecule has 0 radical (unpaired) electrons. The summed E-state index contributed by atoms with van der Waals surface area (Å²) in [6.45, 7) is 9.04. The van der Waals surface area contributed by atoms with Gasteiger partial charge in [-0.3, -0.25) is 9.59 Å². The average Bonchev–Trinajstić information content (AvgIpc) is 2.78. The van der Waals surface area contributed by atoms with Gasteiger partial charge in [0.15, 0.2) is 23.1 Å². The molecule has 0 saturated heterocycles. The molecule has 0 amide bonds. The number of carbonyl (C=O) groups is 2. The third kappa shape index (κ3) is 4.13. The third-order valence-corrected chi connectivity index (χ3v) is 6.39. The van der Waals surface area contributed by atoms with Crippen LogP contribution in [0.1, 0.15) is 75.8 Å². The van der Waals surface area contributed by atoms with Crippen molar-refractivity contribution < 1.29 is 19.1 Å². The van der Waals surface area contributed by atoms with E-state index in [2.05, 4.69) is 24.9 Å². The van der Waals surface area contributed by atoms with Crippen molar-refractivity contribution in [1.29, 1.82) is 0 Å². The number of ether oxygens (including phenoxy) is 2. The van der Waals surface area contributed by atoms with E-state index in [4.69, 9.17) is 9.47 Å². The fraction of sp³-hybridized carbons (Fsp3) is 0.481. The Labute approximate surface area is 190 Å². The maximum atomic E-state index is 13.1. The predicted molar refractivity (Wildman–Crippen MR) is 125 cm³/mol. The number of Topliss-reactive ketones (excluding diaryl/α,β-unsaturated/α-hetero) is 2. The van der Waals surface area contributed by atoms with Gasteiger partial charge in [-0.1, -0.05) is 19.1 Å². The van der Waals surface area contributed by atoms with E-state index in [1.807, 2.05) is 19.1 Å². The average molecular weight is 436 g/mol. The molecule has 0 saturated carbocycles. The quantitative estimate of drug-likeness (QED) is 0.561. The van der Waals surface area contributed by atoms with Crippen molar-refractivity contribution in [3.63, 3.8) is 0 Å². The highest BCUT2D eigenvalue weighted by Crippen LogP contribution is 2.47. The van der Waals surface area contributed by atoms with Gasteiger partial charge < -0.3 is 14.8 Å². The van der Waals surface area contributed by atoms with Crippen LogP contribution in [0.4, 0.5) is 0 Å². The monoisotopic (exact) mass is 435 g/mol. The first kappa shape index (κ1) is 22.4. The maximum Gasteiger partial charge on any atom is 0.164 e. The van der Waals surface area contributed by atoms with Crippen molar-refractivity contribution in [3.05, 3.63) is 58.5 Å². The first-order valence-electron chi connectivity index (χ1n) is 11.9. The molecule has 5 nitrogen and oxygen atoms in total. The van der Waals surface area contributed by atoms with Crippen LogP contribution in [0.15, 0.2) is 47.3 Å². The van der Waals surface area contributed by atoms with Crippen LogP contribution in [0.25, 0.3) is 0 Å². The topological polar surface area (TPSA) is 64.6 Å². The van der Waals surface area contributed by atoms with Crippen LogP contribution in [-0.4, -0.2) is 24.8 Å². The van der Waals surface area contributed by atoms with Crippen LogP contribution in [0.5, 0.6) is 11.5 Å². The van der Waals surface area contributed by atoms with Crippen molar-refractivity contribution in [2.75, 3.05) is 13.2 Å². The standard InChI is InChI=1S/C27H33NO4/c1-4-9-17-15-18(16-23(31-6-3)27(17)32-14-5-2)24-25-19(10-7-12-21(25)29)28-20-11-8-13-22(30)26(20)24/h4,15-16,24,28H,1,5-14H2,2-3H3. The number of hydrogen-bond donors (Lipinski definition) is 1. The Hall–Kier alpha value is -2.82. The van der Waals surface area contributed by atoms with Gasteiger partial charge in [0.05, 0.1) is 13.2 Å². The molecular weight excluding hydrogens is 402 g/mol. The summed E-state index contributed by atoms with van der Waals surface area (Å²) in [6.07, 6.45) is 7.82. The molecule has 1 N–H and O–H groups in total. The number of hydrogen-bond acceptors (Lipinski definition) is 5. The number of rotatable bonds is 8. The second-order valence-electron chi connectivity index (χ2n) is 8.68. The van der Waals surface area contributed by atoms with Gasteiger partial charge in [-0.15, -0.1) is 6.58 Å². The van der Waals surface area contributed by atoms with Gasteiger partial charge in [-0.2, -0.15) is 0 Å². The molecular formula is C27H33NO4. The van der Waals surface area contributed by atoms with Crippen molar-refractivity contribution >= 4 is 11.6 Å². The Balaban J connectivity index is 1.91. The van der Waals surface area contributed by atoms with Gasteiger partial charge in [0.1, 0.15) is 0 Å². The lowest BCUT2D eigenvalue weighted by atomic mass is 9.71. The predicted octanol–water partition coefficient (Wildman–Crippen LogP) is 5.30. The minimum atomic E-state index is -0.343. The van der Waals surface area contributed by atoms with Gasteiger partial charge in [0, 0.05) is 46.9 Å². The van der Waals surface area contributed by atoms with E-state index in [9.17, 15) is 9.59 Å². The van der Waals surface area contributed by atoms with Crippen molar-refractivity contribution in [1.82, 2.24) is 5.32 Å². The molecule has 170 valence electrons. The summed E-state index contributed by atoms with van der Waals surface area (Å²) in [5.74, 6) is 1.35. The summed E-state index contributed by atoms with van der Waals surface area (Å²) in [5.41, 5.74) is 5.42. The lowest BCUT2D eigenvalue weighted by molar-refractivity contribution is -0.116. The first-order chi connectivity index (χ1) is 15.6. The molecule has 0 fully saturated rings. The number of ketones is 2. The summed E-state index contributed by atoms with van der Waals surface area (Å²) in [7, 11) is 0. The molecule has 1 aliphatic heterocycles. The van der Waals surface area contributed by atoms with Crippen molar-refractivity contribution in [2.24, 2.45) is 0 Å². The second kappa shape index (κ2) is 9.76. The lowest BCUT2D eigenvalue weighted by Crippen LogP contribution is -2.36. The van der Waals surface area contributed by atoms with Gasteiger partial charge in [0.25, 0.3) is 0 Å². The largest absolute Gasteiger partial charge is 0.490 e. The Morgan fingerprint density at radius 2 is 1.66 bits per heavy atom. The fourth-order valence-electron chi connectivity index (χ4n) is 5.10. The zero-order chi connectivity index (χ0) is 22.7. The van der Waals surface area contributed by atoms with Crippen molar-refractivity contribution in [2.45, 2.75) is 71.1 Å². The zero-order valence-electron chi connectivity index (χ0n) is 19.2. The van der Waals surface area contributed by atoms with E-state index in [0.29, 0.717) is 38.2 Å². The molecule has 2 aliphatic carbocycles. The molecule has 0 unspecified atom stereocenters. The molecule has 3 aliphatic rings. The molecule has 0 atom stereocenters. The Morgan fingerprint density at radius 1 is 1.00 bits per heavy atom. The highest BCUT2D eigenvalue weighted by atomic mass is 16.5. The summed E-state index contributed by atoms with van der Waals surface area (Å²) < 4.78 is 12.1. The number of allylic oxidation sites excluding steroid dienone is 5. The number of benzene rings is 1. The fourth-order valence-corrected chi connectivity index (χ4v) is 5.10. The van der Waals surface area contributed by atoms with E-state index in [1.54, 1.807) is 0 Å². The van der Waals surface area contributed by atoms with Crippen LogP contribution in [-0.2, 0) is 16.0 Å². The van der Waals surface area contributed by atoms with Crippen LogP contribution in [0.2, 0.25) is 0 Å². The Kier molecular flexibility index (Phi) is 6.83. The molecule has 0 bridgehead atoms. The molecule has 32 heavy (non-hydrogen) atoms. The van der Waals surface area contributed by atoms with Gasteiger partial charge in [-0.25, -0.2) is 0 Å². The van der Waals surface area contributed by atoms with Crippen LogP contribution < -0.4 is 14.8 Å². The smallest absolute Gasteiger partial charge is 0.164 e. The Morgan fingerprint density at radius 3 is 2.22 bits per heavy atom. The van der Waals surface area contributed by atoms with Gasteiger partial charge in [-0.05, 0) is 57.1 Å². The van der Waals surface area contributed by atoms with Gasteiger partial charge in [0.2, 0.25) is 0 Å². The lowest BCUT2D eigenvalue weighted by Gasteiger charge is -2.37. The second-order valence-corrected chi connectivity index (χ2v) is 8.68. The molecule has 1 aromatic rings. The van der Waals surface area contributed by atoms with E-state index >= 15 is 0 Å². The summed E-state index contributed by atoms with van der Waals surface area (Å²) >= 11 is 0. The normalized spacial score (nSPS) is 18.8. The highest BCUT2D eigenvalue weighted by Gasteiger charge is 2.40. The third-order valence-electron chi connectivity index (χ3n) is 6.39. The molecule has 1 heterocycles.